The highest BCUT2D eigenvalue weighted by Gasteiger charge is 2.23. The maximum atomic E-state index is 12.6. The van der Waals surface area contributed by atoms with Crippen molar-refractivity contribution in [3.8, 4) is 0 Å². The van der Waals surface area contributed by atoms with Gasteiger partial charge in [-0.15, -0.1) is 11.3 Å². The first kappa shape index (κ1) is 18.5. The average Bonchev–Trinajstić information content (AvgIpc) is 2.95. The predicted octanol–water partition coefficient (Wildman–Crippen LogP) is 4.38. The molecule has 0 aliphatic carbocycles. The highest BCUT2D eigenvalue weighted by molar-refractivity contribution is 9.10. The molecule has 2 rings (SSSR count). The smallest absolute Gasteiger partial charge is 0.274 e. The van der Waals surface area contributed by atoms with Gasteiger partial charge >= 0.3 is 0 Å². The minimum atomic E-state index is -0.440. The highest BCUT2D eigenvalue weighted by Crippen LogP contribution is 2.28. The molecule has 0 spiro atoms. The lowest BCUT2D eigenvalue weighted by Gasteiger charge is -2.17. The van der Waals surface area contributed by atoms with Crippen molar-refractivity contribution >= 4 is 38.9 Å². The summed E-state index contributed by atoms with van der Waals surface area (Å²) < 4.78 is 0.733. The summed E-state index contributed by atoms with van der Waals surface area (Å²) in [6.07, 6.45) is 1.57. The molecule has 0 bridgehead atoms. The van der Waals surface area contributed by atoms with Crippen molar-refractivity contribution in [2.75, 3.05) is 7.05 Å². The van der Waals surface area contributed by atoms with Gasteiger partial charge in [0.1, 0.15) is 4.88 Å². The number of hydrogen-bond acceptors (Lipinski definition) is 5. The SMILES string of the molecule is CN(Cc1cc(Br)ccc1[N+](=O)[O-])C(=O)c1cnc(C(C)(C)C)s1. The number of rotatable bonds is 4. The van der Waals surface area contributed by atoms with Crippen molar-refractivity contribution in [2.45, 2.75) is 32.7 Å². The van der Waals surface area contributed by atoms with E-state index in [1.54, 1.807) is 25.4 Å². The molecule has 24 heavy (non-hydrogen) atoms. The Kier molecular flexibility index (Phi) is 5.39. The van der Waals surface area contributed by atoms with E-state index < -0.39 is 4.92 Å². The van der Waals surface area contributed by atoms with Gasteiger partial charge in [0.2, 0.25) is 0 Å². The zero-order valence-electron chi connectivity index (χ0n) is 13.9. The Hall–Kier alpha value is -1.80. The van der Waals surface area contributed by atoms with Crippen molar-refractivity contribution in [3.05, 3.63) is 54.4 Å². The second-order valence-electron chi connectivity index (χ2n) is 6.47. The zero-order chi connectivity index (χ0) is 18.1. The van der Waals surface area contributed by atoms with E-state index in [4.69, 9.17) is 0 Å². The lowest BCUT2D eigenvalue weighted by Crippen LogP contribution is -2.25. The fourth-order valence-corrected chi connectivity index (χ4v) is 3.47. The summed E-state index contributed by atoms with van der Waals surface area (Å²) >= 11 is 4.66. The van der Waals surface area contributed by atoms with Gasteiger partial charge in [-0.3, -0.25) is 14.9 Å². The summed E-state index contributed by atoms with van der Waals surface area (Å²) in [5.41, 5.74) is 0.355. The molecule has 0 N–H and O–H groups in total. The van der Waals surface area contributed by atoms with E-state index in [9.17, 15) is 14.9 Å². The standard InChI is InChI=1S/C16H18BrN3O3S/c1-16(2,3)15-18-8-13(24-15)14(21)19(4)9-10-7-11(17)5-6-12(10)20(22)23/h5-8H,9H2,1-4H3. The Morgan fingerprint density at radius 3 is 2.62 bits per heavy atom. The van der Waals surface area contributed by atoms with Crippen LogP contribution in [0, 0.1) is 10.1 Å². The Morgan fingerprint density at radius 1 is 1.42 bits per heavy atom. The number of nitro groups is 1. The number of nitrogens with zero attached hydrogens (tertiary/aromatic N) is 3. The van der Waals surface area contributed by atoms with Crippen LogP contribution in [0.1, 0.15) is 41.0 Å². The van der Waals surface area contributed by atoms with Crippen LogP contribution >= 0.6 is 27.3 Å². The van der Waals surface area contributed by atoms with E-state index in [1.807, 2.05) is 20.8 Å². The molecule has 0 fully saturated rings. The number of carbonyl (C=O) groups is 1. The summed E-state index contributed by atoms with van der Waals surface area (Å²) in [4.78, 5) is 29.6. The van der Waals surface area contributed by atoms with E-state index in [2.05, 4.69) is 20.9 Å². The first-order chi connectivity index (χ1) is 11.1. The van der Waals surface area contributed by atoms with Crippen LogP contribution < -0.4 is 0 Å². The second kappa shape index (κ2) is 6.98. The van der Waals surface area contributed by atoms with Gasteiger partial charge in [-0.25, -0.2) is 4.98 Å². The molecule has 1 aromatic heterocycles. The number of aromatic nitrogens is 1. The summed E-state index contributed by atoms with van der Waals surface area (Å²) in [5, 5.41) is 12.0. The van der Waals surface area contributed by atoms with Crippen LogP contribution in [-0.2, 0) is 12.0 Å². The Morgan fingerprint density at radius 2 is 2.08 bits per heavy atom. The molecule has 1 aromatic carbocycles. The molecule has 0 unspecified atom stereocenters. The lowest BCUT2D eigenvalue weighted by molar-refractivity contribution is -0.385. The summed E-state index contributed by atoms with van der Waals surface area (Å²) in [5.74, 6) is -0.197. The topological polar surface area (TPSA) is 76.3 Å². The van der Waals surface area contributed by atoms with Gasteiger partial charge in [-0.05, 0) is 12.1 Å². The molecule has 128 valence electrons. The van der Waals surface area contributed by atoms with Gasteiger partial charge in [0, 0.05) is 23.0 Å². The third-order valence-corrected chi connectivity index (χ3v) is 5.25. The normalized spacial score (nSPS) is 11.4. The molecule has 0 aliphatic rings. The van der Waals surface area contributed by atoms with Crippen molar-refractivity contribution in [2.24, 2.45) is 0 Å². The molecule has 6 nitrogen and oxygen atoms in total. The van der Waals surface area contributed by atoms with E-state index >= 15 is 0 Å². The number of hydrogen-bond donors (Lipinski definition) is 0. The van der Waals surface area contributed by atoms with E-state index in [0.717, 1.165) is 9.48 Å². The minimum Gasteiger partial charge on any atom is -0.336 e. The summed E-state index contributed by atoms with van der Waals surface area (Å²) in [6, 6.07) is 4.71. The Balaban J connectivity index is 2.22. The van der Waals surface area contributed by atoms with Crippen LogP contribution in [0.2, 0.25) is 0 Å². The van der Waals surface area contributed by atoms with Crippen LogP contribution in [-0.4, -0.2) is 27.8 Å². The van der Waals surface area contributed by atoms with Crippen LogP contribution in [0.25, 0.3) is 0 Å². The molecule has 1 heterocycles. The number of nitro benzene ring substituents is 1. The first-order valence-corrected chi connectivity index (χ1v) is 8.85. The lowest BCUT2D eigenvalue weighted by atomic mass is 9.98. The fraction of sp³-hybridized carbons (Fsp3) is 0.375. The van der Waals surface area contributed by atoms with Gasteiger partial charge in [-0.1, -0.05) is 36.7 Å². The summed E-state index contributed by atoms with van der Waals surface area (Å²) in [6.45, 7) is 6.26. The van der Waals surface area contributed by atoms with Crippen LogP contribution in [0.3, 0.4) is 0 Å². The average molecular weight is 412 g/mol. The maximum absolute atomic E-state index is 12.6. The largest absolute Gasteiger partial charge is 0.336 e. The van der Waals surface area contributed by atoms with E-state index in [1.165, 1.54) is 22.3 Å². The number of thiazole rings is 1. The van der Waals surface area contributed by atoms with Gasteiger partial charge < -0.3 is 4.90 Å². The molecule has 1 amide bonds. The Bertz CT molecular complexity index is 783. The number of amides is 1. The molecule has 0 saturated heterocycles. The minimum absolute atomic E-state index is 0.00228. The molecule has 0 atom stereocenters. The van der Waals surface area contributed by atoms with E-state index in [-0.39, 0.29) is 23.6 Å². The van der Waals surface area contributed by atoms with Crippen molar-refractivity contribution in [1.82, 2.24) is 9.88 Å². The van der Waals surface area contributed by atoms with Crippen LogP contribution in [0.4, 0.5) is 5.69 Å². The molecular weight excluding hydrogens is 394 g/mol. The van der Waals surface area contributed by atoms with Gasteiger partial charge in [-0.2, -0.15) is 0 Å². The first-order valence-electron chi connectivity index (χ1n) is 7.24. The van der Waals surface area contributed by atoms with Gasteiger partial charge in [0.15, 0.2) is 0 Å². The highest BCUT2D eigenvalue weighted by atomic mass is 79.9. The third kappa shape index (κ3) is 4.18. The number of halogens is 1. The monoisotopic (exact) mass is 411 g/mol. The maximum Gasteiger partial charge on any atom is 0.274 e. The van der Waals surface area contributed by atoms with Gasteiger partial charge in [0.25, 0.3) is 11.6 Å². The number of benzene rings is 1. The van der Waals surface area contributed by atoms with Gasteiger partial charge in [0.05, 0.1) is 28.2 Å². The molecule has 2 aromatic rings. The second-order valence-corrected chi connectivity index (χ2v) is 8.42. The Labute approximate surface area is 152 Å². The zero-order valence-corrected chi connectivity index (χ0v) is 16.3. The van der Waals surface area contributed by atoms with E-state index in [0.29, 0.717) is 10.4 Å². The molecule has 8 heteroatoms. The molecular formula is C16H18BrN3O3S. The molecule has 0 radical (unpaired) electrons. The predicted molar refractivity (Wildman–Crippen MR) is 97.4 cm³/mol. The van der Waals surface area contributed by atoms with Crippen molar-refractivity contribution in [1.29, 1.82) is 0 Å². The third-order valence-electron chi connectivity index (χ3n) is 3.35. The fourth-order valence-electron chi connectivity index (χ4n) is 2.09. The summed E-state index contributed by atoms with van der Waals surface area (Å²) in [7, 11) is 1.63. The quantitative estimate of drug-likeness (QED) is 0.552. The van der Waals surface area contributed by atoms with Crippen molar-refractivity contribution < 1.29 is 9.72 Å². The molecule has 0 saturated carbocycles. The number of carbonyl (C=O) groups excluding carboxylic acids is 1. The van der Waals surface area contributed by atoms with Crippen LogP contribution in [0.5, 0.6) is 0 Å². The molecule has 0 aliphatic heterocycles. The van der Waals surface area contributed by atoms with Crippen LogP contribution in [0.15, 0.2) is 28.9 Å². The van der Waals surface area contributed by atoms with Crippen molar-refractivity contribution in [3.63, 3.8) is 0 Å².